The topological polar surface area (TPSA) is 29.5 Å². The summed E-state index contributed by atoms with van der Waals surface area (Å²) in [5, 5.41) is 10.7. The van der Waals surface area contributed by atoms with Gasteiger partial charge in [-0.05, 0) is 42.7 Å². The summed E-state index contributed by atoms with van der Waals surface area (Å²) in [6.07, 6.45) is 0.991. The molecule has 1 fully saturated rings. The zero-order chi connectivity index (χ0) is 15.8. The van der Waals surface area contributed by atoms with E-state index in [2.05, 4.69) is 65.8 Å². The van der Waals surface area contributed by atoms with Gasteiger partial charge in [0.1, 0.15) is 0 Å². The molecular formula is C19H30O2. The van der Waals surface area contributed by atoms with Gasteiger partial charge in [-0.3, -0.25) is 0 Å². The molecule has 0 aliphatic carbocycles. The summed E-state index contributed by atoms with van der Waals surface area (Å²) in [4.78, 5) is 0. The summed E-state index contributed by atoms with van der Waals surface area (Å²) in [6.45, 7) is 13.1. The van der Waals surface area contributed by atoms with Gasteiger partial charge in [0.2, 0.25) is 0 Å². The fourth-order valence-corrected chi connectivity index (χ4v) is 3.40. The standard InChI is InChI=1S/C19H30O2/c1-7-19(5,6)16-10-8-15(9-11-16)18(20)17-12(2)13(3)21-14(17)4/h8-14,17-18,20H,7H2,1-6H3. The molecule has 0 saturated carbocycles. The van der Waals surface area contributed by atoms with Crippen molar-refractivity contribution in [1.29, 1.82) is 0 Å². The highest BCUT2D eigenvalue weighted by molar-refractivity contribution is 5.29. The first-order chi connectivity index (χ1) is 9.77. The summed E-state index contributed by atoms with van der Waals surface area (Å²) >= 11 is 0. The van der Waals surface area contributed by atoms with Crippen molar-refractivity contribution in [3.63, 3.8) is 0 Å². The van der Waals surface area contributed by atoms with Crippen molar-refractivity contribution in [3.05, 3.63) is 35.4 Å². The second-order valence-corrected chi connectivity index (χ2v) is 7.29. The van der Waals surface area contributed by atoms with Gasteiger partial charge >= 0.3 is 0 Å². The molecule has 5 unspecified atom stereocenters. The van der Waals surface area contributed by atoms with Crippen LogP contribution in [0.1, 0.15) is 65.2 Å². The van der Waals surface area contributed by atoms with Crippen LogP contribution in [0.4, 0.5) is 0 Å². The lowest BCUT2D eigenvalue weighted by Gasteiger charge is -2.27. The van der Waals surface area contributed by atoms with E-state index in [-0.39, 0.29) is 23.5 Å². The number of hydrogen-bond acceptors (Lipinski definition) is 2. The van der Waals surface area contributed by atoms with Crippen LogP contribution in [0.3, 0.4) is 0 Å². The molecule has 1 N–H and O–H groups in total. The van der Waals surface area contributed by atoms with Crippen LogP contribution >= 0.6 is 0 Å². The van der Waals surface area contributed by atoms with Crippen LogP contribution < -0.4 is 0 Å². The monoisotopic (exact) mass is 290 g/mol. The van der Waals surface area contributed by atoms with E-state index in [4.69, 9.17) is 4.74 Å². The molecule has 0 radical (unpaired) electrons. The molecule has 1 aromatic carbocycles. The summed E-state index contributed by atoms with van der Waals surface area (Å²) in [5.41, 5.74) is 2.53. The van der Waals surface area contributed by atoms with Crippen molar-refractivity contribution in [3.8, 4) is 0 Å². The lowest BCUT2D eigenvalue weighted by Crippen LogP contribution is -2.25. The molecule has 0 amide bonds. The molecule has 0 spiro atoms. The number of benzene rings is 1. The van der Waals surface area contributed by atoms with Crippen molar-refractivity contribution >= 4 is 0 Å². The van der Waals surface area contributed by atoms with Crippen LogP contribution in [0, 0.1) is 11.8 Å². The first kappa shape index (κ1) is 16.5. The van der Waals surface area contributed by atoms with Crippen LogP contribution in [0.25, 0.3) is 0 Å². The van der Waals surface area contributed by atoms with Gasteiger partial charge < -0.3 is 9.84 Å². The van der Waals surface area contributed by atoms with E-state index in [1.165, 1.54) is 5.56 Å². The van der Waals surface area contributed by atoms with E-state index in [1.807, 2.05) is 0 Å². The molecule has 1 aromatic rings. The molecule has 2 heteroatoms. The highest BCUT2D eigenvalue weighted by Crippen LogP contribution is 2.40. The molecule has 2 nitrogen and oxygen atoms in total. The molecule has 1 heterocycles. The Morgan fingerprint density at radius 2 is 1.67 bits per heavy atom. The molecule has 0 bridgehead atoms. The quantitative estimate of drug-likeness (QED) is 0.886. The molecule has 118 valence electrons. The fraction of sp³-hybridized carbons (Fsp3) is 0.684. The third-order valence-corrected chi connectivity index (χ3v) is 5.60. The second kappa shape index (κ2) is 6.10. The molecule has 1 aliphatic rings. The Labute approximate surface area is 129 Å². The Morgan fingerprint density at radius 1 is 1.10 bits per heavy atom. The number of hydrogen-bond donors (Lipinski definition) is 1. The minimum Gasteiger partial charge on any atom is -0.388 e. The lowest BCUT2D eigenvalue weighted by atomic mass is 9.79. The van der Waals surface area contributed by atoms with Gasteiger partial charge in [-0.25, -0.2) is 0 Å². The van der Waals surface area contributed by atoms with Gasteiger partial charge in [0.05, 0.1) is 18.3 Å². The Morgan fingerprint density at radius 3 is 2.10 bits per heavy atom. The lowest BCUT2D eigenvalue weighted by molar-refractivity contribution is 0.0231. The zero-order valence-corrected chi connectivity index (χ0v) is 14.3. The Kier molecular flexibility index (Phi) is 4.79. The van der Waals surface area contributed by atoms with E-state index < -0.39 is 6.10 Å². The Hall–Kier alpha value is -0.860. The van der Waals surface area contributed by atoms with Crippen LogP contribution in [0.15, 0.2) is 24.3 Å². The molecule has 2 rings (SSSR count). The maximum atomic E-state index is 10.7. The largest absolute Gasteiger partial charge is 0.388 e. The average Bonchev–Trinajstić information content (AvgIpc) is 2.71. The third-order valence-electron chi connectivity index (χ3n) is 5.60. The van der Waals surface area contributed by atoms with E-state index in [9.17, 15) is 5.11 Å². The summed E-state index contributed by atoms with van der Waals surface area (Å²) in [7, 11) is 0. The Balaban J connectivity index is 2.19. The maximum absolute atomic E-state index is 10.7. The molecule has 5 atom stereocenters. The van der Waals surface area contributed by atoms with Crippen LogP contribution in [0.2, 0.25) is 0 Å². The van der Waals surface area contributed by atoms with Crippen molar-refractivity contribution in [1.82, 2.24) is 0 Å². The highest BCUT2D eigenvalue weighted by atomic mass is 16.5. The minimum absolute atomic E-state index is 0.108. The first-order valence-corrected chi connectivity index (χ1v) is 8.22. The van der Waals surface area contributed by atoms with Gasteiger partial charge in [0, 0.05) is 5.92 Å². The van der Waals surface area contributed by atoms with E-state index in [0.29, 0.717) is 5.92 Å². The number of ether oxygens (including phenoxy) is 1. The van der Waals surface area contributed by atoms with Crippen molar-refractivity contribution in [2.45, 2.75) is 71.7 Å². The predicted molar refractivity (Wildman–Crippen MR) is 87.4 cm³/mol. The predicted octanol–water partition coefficient (Wildman–Crippen LogP) is 4.47. The van der Waals surface area contributed by atoms with Crippen molar-refractivity contribution in [2.75, 3.05) is 0 Å². The Bertz CT molecular complexity index is 463. The van der Waals surface area contributed by atoms with E-state index >= 15 is 0 Å². The van der Waals surface area contributed by atoms with Crippen LogP contribution in [0.5, 0.6) is 0 Å². The van der Waals surface area contributed by atoms with Crippen LogP contribution in [-0.2, 0) is 10.2 Å². The van der Waals surface area contributed by atoms with Gasteiger partial charge in [-0.2, -0.15) is 0 Å². The zero-order valence-electron chi connectivity index (χ0n) is 14.3. The normalized spacial score (nSPS) is 31.4. The van der Waals surface area contributed by atoms with Gasteiger partial charge in [-0.15, -0.1) is 0 Å². The second-order valence-electron chi connectivity index (χ2n) is 7.29. The molecule has 1 saturated heterocycles. The number of rotatable bonds is 4. The number of aliphatic hydroxyl groups excluding tert-OH is 1. The van der Waals surface area contributed by atoms with Gasteiger partial charge in [-0.1, -0.05) is 52.0 Å². The molecule has 21 heavy (non-hydrogen) atoms. The van der Waals surface area contributed by atoms with Gasteiger partial charge in [0.15, 0.2) is 0 Å². The maximum Gasteiger partial charge on any atom is 0.0846 e. The first-order valence-electron chi connectivity index (χ1n) is 8.22. The van der Waals surface area contributed by atoms with Gasteiger partial charge in [0.25, 0.3) is 0 Å². The minimum atomic E-state index is -0.446. The summed E-state index contributed by atoms with van der Waals surface area (Å²) < 4.78 is 5.86. The fourth-order valence-electron chi connectivity index (χ4n) is 3.40. The SMILES string of the molecule is CCC(C)(C)c1ccc(C(O)C2C(C)OC(C)C2C)cc1. The summed E-state index contributed by atoms with van der Waals surface area (Å²) in [5.74, 6) is 0.548. The molecule has 1 aliphatic heterocycles. The average molecular weight is 290 g/mol. The highest BCUT2D eigenvalue weighted by Gasteiger charge is 2.41. The summed E-state index contributed by atoms with van der Waals surface area (Å²) in [6, 6.07) is 8.49. The molecule has 0 aromatic heterocycles. The van der Waals surface area contributed by atoms with Crippen molar-refractivity contribution in [2.24, 2.45) is 11.8 Å². The number of aliphatic hydroxyl groups is 1. The smallest absolute Gasteiger partial charge is 0.0846 e. The molecular weight excluding hydrogens is 260 g/mol. The van der Waals surface area contributed by atoms with Crippen LogP contribution in [-0.4, -0.2) is 17.3 Å². The third kappa shape index (κ3) is 3.17. The van der Waals surface area contributed by atoms with E-state index in [1.54, 1.807) is 0 Å². The van der Waals surface area contributed by atoms with E-state index in [0.717, 1.165) is 12.0 Å². The van der Waals surface area contributed by atoms with Crippen molar-refractivity contribution < 1.29 is 9.84 Å².